The number of unbranched alkanes of at least 4 members (excludes halogenated alkanes) is 1. The normalized spacial score (nSPS) is 14.7. The molecule has 0 heterocycles. The van der Waals surface area contributed by atoms with E-state index in [1.807, 2.05) is 0 Å². The zero-order valence-corrected chi connectivity index (χ0v) is 8.78. The van der Waals surface area contributed by atoms with Gasteiger partial charge in [0.2, 0.25) is 0 Å². The van der Waals surface area contributed by atoms with Crippen LogP contribution in [-0.2, 0) is 4.79 Å². The van der Waals surface area contributed by atoms with Crippen molar-refractivity contribution in [3.05, 3.63) is 12.7 Å². The molecule has 0 aromatic heterocycles. The van der Waals surface area contributed by atoms with Gasteiger partial charge in [-0.3, -0.25) is 4.79 Å². The third kappa shape index (κ3) is 5.75. The maximum Gasteiger partial charge on any atom is 0.305 e. The van der Waals surface area contributed by atoms with E-state index in [2.05, 4.69) is 13.5 Å². The quantitative estimate of drug-likeness (QED) is 0.590. The van der Waals surface area contributed by atoms with Crippen molar-refractivity contribution in [1.82, 2.24) is 0 Å². The number of hydrogen-bond acceptors (Lipinski definition) is 2. The molecule has 0 aliphatic heterocycles. The number of carboxylic acids is 1. The molecule has 2 unspecified atom stereocenters. The highest BCUT2D eigenvalue weighted by atomic mass is 16.4. The van der Waals surface area contributed by atoms with Gasteiger partial charge in [0, 0.05) is 0 Å². The lowest BCUT2D eigenvalue weighted by atomic mass is 9.91. The molecule has 0 aromatic rings. The summed E-state index contributed by atoms with van der Waals surface area (Å²) in [5.74, 6) is -0.897. The molecule has 14 heavy (non-hydrogen) atoms. The molecule has 0 aromatic carbocycles. The Hall–Kier alpha value is -0.830. The predicted octanol–water partition coefficient (Wildman–Crippen LogP) is 2.20. The van der Waals surface area contributed by atoms with Crippen molar-refractivity contribution in [2.75, 3.05) is 0 Å². The molecule has 0 aliphatic rings. The molecule has 3 heteroatoms. The Bertz CT molecular complexity index is 177. The van der Waals surface area contributed by atoms with Crippen LogP contribution in [0, 0.1) is 5.92 Å². The second-order valence-electron chi connectivity index (χ2n) is 3.59. The first-order valence-corrected chi connectivity index (χ1v) is 5.12. The van der Waals surface area contributed by atoms with Gasteiger partial charge < -0.3 is 10.2 Å². The van der Waals surface area contributed by atoms with Crippen molar-refractivity contribution in [3.63, 3.8) is 0 Å². The zero-order chi connectivity index (χ0) is 11.0. The minimum atomic E-state index is -0.942. The van der Waals surface area contributed by atoms with Gasteiger partial charge in [0.1, 0.15) is 0 Å². The standard InChI is InChI=1S/C11H20O3/c1-3-5-7-9(6-4-2)10(12)8-11(13)14/h4,9-10,12H,2-3,5-8H2,1H3,(H,13,14). The minimum absolute atomic E-state index is 0.0450. The van der Waals surface area contributed by atoms with Gasteiger partial charge in [-0.05, 0) is 18.8 Å². The largest absolute Gasteiger partial charge is 0.481 e. The molecule has 0 spiro atoms. The number of carbonyl (C=O) groups is 1. The summed E-state index contributed by atoms with van der Waals surface area (Å²) in [5.41, 5.74) is 0. The van der Waals surface area contributed by atoms with Gasteiger partial charge in [0.25, 0.3) is 0 Å². The maximum atomic E-state index is 10.4. The Labute approximate surface area is 85.4 Å². The fourth-order valence-electron chi connectivity index (χ4n) is 1.49. The summed E-state index contributed by atoms with van der Waals surface area (Å²) in [5, 5.41) is 18.1. The SMILES string of the molecule is C=CCC(CCCC)C(O)CC(=O)O. The second-order valence-corrected chi connectivity index (χ2v) is 3.59. The van der Waals surface area contributed by atoms with Gasteiger partial charge in [0.05, 0.1) is 12.5 Å². The average molecular weight is 200 g/mol. The van der Waals surface area contributed by atoms with Crippen LogP contribution in [0.1, 0.15) is 39.0 Å². The molecular weight excluding hydrogens is 180 g/mol. The number of aliphatic carboxylic acids is 1. The molecule has 0 saturated carbocycles. The summed E-state index contributed by atoms with van der Waals surface area (Å²) in [6.07, 6.45) is 4.49. The third-order valence-electron chi connectivity index (χ3n) is 2.33. The summed E-state index contributed by atoms with van der Waals surface area (Å²) in [6, 6.07) is 0. The zero-order valence-electron chi connectivity index (χ0n) is 8.78. The number of aliphatic hydroxyl groups excluding tert-OH is 1. The first-order chi connectivity index (χ1) is 6.61. The molecule has 0 bridgehead atoms. The molecule has 0 amide bonds. The molecule has 2 N–H and O–H groups in total. The summed E-state index contributed by atoms with van der Waals surface area (Å²) < 4.78 is 0. The van der Waals surface area contributed by atoms with Gasteiger partial charge in [-0.25, -0.2) is 0 Å². The Balaban J connectivity index is 4.02. The van der Waals surface area contributed by atoms with Crippen molar-refractivity contribution in [1.29, 1.82) is 0 Å². The van der Waals surface area contributed by atoms with Crippen molar-refractivity contribution < 1.29 is 15.0 Å². The summed E-state index contributed by atoms with van der Waals surface area (Å²) in [7, 11) is 0. The number of rotatable bonds is 8. The lowest BCUT2D eigenvalue weighted by molar-refractivity contribution is -0.140. The fraction of sp³-hybridized carbons (Fsp3) is 0.727. The number of aliphatic hydroxyl groups is 1. The van der Waals surface area contributed by atoms with E-state index in [9.17, 15) is 9.90 Å². The molecule has 0 saturated heterocycles. The highest BCUT2D eigenvalue weighted by molar-refractivity contribution is 5.67. The average Bonchev–Trinajstić information content (AvgIpc) is 2.10. The van der Waals surface area contributed by atoms with Crippen molar-refractivity contribution >= 4 is 5.97 Å². The van der Waals surface area contributed by atoms with E-state index in [1.165, 1.54) is 0 Å². The van der Waals surface area contributed by atoms with E-state index in [0.29, 0.717) is 6.42 Å². The van der Waals surface area contributed by atoms with Crippen LogP contribution in [0.25, 0.3) is 0 Å². The van der Waals surface area contributed by atoms with E-state index in [1.54, 1.807) is 6.08 Å². The summed E-state index contributed by atoms with van der Waals surface area (Å²) in [4.78, 5) is 10.4. The van der Waals surface area contributed by atoms with E-state index in [0.717, 1.165) is 19.3 Å². The van der Waals surface area contributed by atoms with Gasteiger partial charge in [-0.1, -0.05) is 25.8 Å². The Morgan fingerprint density at radius 2 is 2.21 bits per heavy atom. The Kier molecular flexibility index (Phi) is 7.11. The first kappa shape index (κ1) is 13.2. The molecule has 2 atom stereocenters. The van der Waals surface area contributed by atoms with E-state index < -0.39 is 12.1 Å². The van der Waals surface area contributed by atoms with E-state index in [-0.39, 0.29) is 12.3 Å². The van der Waals surface area contributed by atoms with Crippen molar-refractivity contribution in [3.8, 4) is 0 Å². The monoisotopic (exact) mass is 200 g/mol. The van der Waals surface area contributed by atoms with E-state index in [4.69, 9.17) is 5.11 Å². The molecule has 0 radical (unpaired) electrons. The van der Waals surface area contributed by atoms with Crippen LogP contribution in [0.2, 0.25) is 0 Å². The molecule has 82 valence electrons. The van der Waals surface area contributed by atoms with Crippen LogP contribution in [0.5, 0.6) is 0 Å². The number of carboxylic acid groups (broad SMARTS) is 1. The van der Waals surface area contributed by atoms with Gasteiger partial charge in [0.15, 0.2) is 0 Å². The summed E-state index contributed by atoms with van der Waals surface area (Å²) in [6.45, 7) is 5.69. The lowest BCUT2D eigenvalue weighted by Gasteiger charge is -2.19. The fourth-order valence-corrected chi connectivity index (χ4v) is 1.49. The molecule has 0 rings (SSSR count). The number of hydrogen-bond donors (Lipinski definition) is 2. The molecule has 3 nitrogen and oxygen atoms in total. The topological polar surface area (TPSA) is 57.5 Å². The maximum absolute atomic E-state index is 10.4. The molecule has 0 aliphatic carbocycles. The highest BCUT2D eigenvalue weighted by Crippen LogP contribution is 2.19. The van der Waals surface area contributed by atoms with Crippen LogP contribution >= 0.6 is 0 Å². The van der Waals surface area contributed by atoms with Crippen LogP contribution in [0.4, 0.5) is 0 Å². The predicted molar refractivity (Wildman–Crippen MR) is 56.1 cm³/mol. The third-order valence-corrected chi connectivity index (χ3v) is 2.33. The molecular formula is C11H20O3. The van der Waals surface area contributed by atoms with Crippen LogP contribution in [-0.4, -0.2) is 22.3 Å². The van der Waals surface area contributed by atoms with Gasteiger partial charge >= 0.3 is 5.97 Å². The first-order valence-electron chi connectivity index (χ1n) is 5.12. The number of allylic oxidation sites excluding steroid dienone is 1. The van der Waals surface area contributed by atoms with Crippen LogP contribution < -0.4 is 0 Å². The summed E-state index contributed by atoms with van der Waals surface area (Å²) >= 11 is 0. The van der Waals surface area contributed by atoms with Crippen molar-refractivity contribution in [2.45, 2.75) is 45.1 Å². The lowest BCUT2D eigenvalue weighted by Crippen LogP contribution is -2.23. The smallest absolute Gasteiger partial charge is 0.305 e. The van der Waals surface area contributed by atoms with Crippen LogP contribution in [0.15, 0.2) is 12.7 Å². The molecule has 0 fully saturated rings. The Morgan fingerprint density at radius 3 is 2.64 bits per heavy atom. The Morgan fingerprint density at radius 1 is 1.57 bits per heavy atom. The van der Waals surface area contributed by atoms with Crippen LogP contribution in [0.3, 0.4) is 0 Å². The van der Waals surface area contributed by atoms with Gasteiger partial charge in [-0.15, -0.1) is 6.58 Å². The van der Waals surface area contributed by atoms with Gasteiger partial charge in [-0.2, -0.15) is 0 Å². The van der Waals surface area contributed by atoms with Crippen molar-refractivity contribution in [2.24, 2.45) is 5.92 Å². The second kappa shape index (κ2) is 7.56. The van der Waals surface area contributed by atoms with E-state index >= 15 is 0 Å². The highest BCUT2D eigenvalue weighted by Gasteiger charge is 2.19. The minimum Gasteiger partial charge on any atom is -0.481 e.